The number of phosphoric acid groups is 1. The van der Waals surface area contributed by atoms with Crippen molar-refractivity contribution in [2.24, 2.45) is 0 Å². The third-order valence-corrected chi connectivity index (χ3v) is 13.0. The first-order valence-electron chi connectivity index (χ1n) is 26.1. The van der Waals surface area contributed by atoms with Crippen LogP contribution in [0.5, 0.6) is 0 Å². The summed E-state index contributed by atoms with van der Waals surface area (Å²) >= 11 is 0. The fraction of sp³-hybridized carbons (Fsp3) is 0.941. The van der Waals surface area contributed by atoms with Gasteiger partial charge in [0.15, 0.2) is 0 Å². The van der Waals surface area contributed by atoms with Gasteiger partial charge in [-0.25, -0.2) is 0 Å². The number of rotatable bonds is 48. The highest BCUT2D eigenvalue weighted by Crippen LogP contribution is 2.38. The molecule has 358 valence electrons. The molecule has 0 fully saturated rings. The summed E-state index contributed by atoms with van der Waals surface area (Å²) in [6.07, 6.45) is 51.2. The Kier molecular flexibility index (Phi) is 42.9. The summed E-state index contributed by atoms with van der Waals surface area (Å²) in [4.78, 5) is 25.4. The van der Waals surface area contributed by atoms with Crippen LogP contribution in [-0.2, 0) is 18.4 Å². The molecule has 0 spiro atoms. The van der Waals surface area contributed by atoms with Crippen LogP contribution in [0.25, 0.3) is 0 Å². The Bertz CT molecular complexity index is 989. The highest BCUT2D eigenvalue weighted by Gasteiger charge is 2.23. The van der Waals surface area contributed by atoms with Gasteiger partial charge in [-0.2, -0.15) is 0 Å². The van der Waals surface area contributed by atoms with Crippen LogP contribution in [-0.4, -0.2) is 68.5 Å². The Hall–Kier alpha value is -0.760. The van der Waals surface area contributed by atoms with E-state index in [1.807, 2.05) is 27.2 Å². The zero-order valence-corrected chi connectivity index (χ0v) is 41.6. The summed E-state index contributed by atoms with van der Waals surface area (Å²) in [6.45, 7) is 4.69. The van der Waals surface area contributed by atoms with Crippen molar-refractivity contribution in [3.8, 4) is 0 Å². The van der Waals surface area contributed by atoms with Gasteiger partial charge in [-0.3, -0.25) is 9.36 Å². The van der Waals surface area contributed by atoms with Crippen molar-refractivity contribution in [3.63, 3.8) is 0 Å². The van der Waals surface area contributed by atoms with Gasteiger partial charge >= 0.3 is 0 Å². The van der Waals surface area contributed by atoms with E-state index in [1.165, 1.54) is 199 Å². The topological polar surface area (TPSA) is 108 Å². The molecule has 9 heteroatoms. The lowest BCUT2D eigenvalue weighted by Crippen LogP contribution is -2.45. The zero-order valence-electron chi connectivity index (χ0n) is 40.7. The monoisotopic (exact) mass is 871 g/mol. The molecule has 2 N–H and O–H groups in total. The van der Waals surface area contributed by atoms with Crippen LogP contribution in [0.4, 0.5) is 0 Å². The Labute approximate surface area is 373 Å². The highest BCUT2D eigenvalue weighted by molar-refractivity contribution is 7.45. The van der Waals surface area contributed by atoms with Gasteiger partial charge in [0.25, 0.3) is 7.82 Å². The standard InChI is InChI=1S/C51H103N2O6P/c1-6-8-10-12-14-16-18-20-22-24-26-27-28-30-32-34-36-38-40-42-44-50(54)49(48-59-60(56,57)58-47-46-53(3,4)5)52-51(55)45-43-41-39-37-35-33-31-29-25-23-21-19-17-15-13-11-9-7-2/h42,44,49-50,54H,6-41,43,45-48H2,1-5H3,(H-,52,55,56,57)/b44-42+. The number of aliphatic hydroxyl groups is 1. The third-order valence-electron chi connectivity index (χ3n) is 12.0. The van der Waals surface area contributed by atoms with Crippen molar-refractivity contribution >= 4 is 13.7 Å². The fourth-order valence-corrected chi connectivity index (χ4v) is 8.58. The minimum Gasteiger partial charge on any atom is -0.756 e. The molecule has 3 unspecified atom stereocenters. The maximum atomic E-state index is 12.9. The number of hydrogen-bond donors (Lipinski definition) is 2. The van der Waals surface area contributed by atoms with E-state index in [9.17, 15) is 19.4 Å². The molecule has 60 heavy (non-hydrogen) atoms. The number of phosphoric ester groups is 1. The second-order valence-electron chi connectivity index (χ2n) is 19.2. The van der Waals surface area contributed by atoms with Crippen molar-refractivity contribution < 1.29 is 32.9 Å². The second kappa shape index (κ2) is 43.5. The maximum absolute atomic E-state index is 12.9. The Morgan fingerprint density at radius 3 is 1.25 bits per heavy atom. The van der Waals surface area contributed by atoms with Crippen molar-refractivity contribution in [2.75, 3.05) is 40.9 Å². The van der Waals surface area contributed by atoms with E-state index in [4.69, 9.17) is 9.05 Å². The quantitative estimate of drug-likeness (QED) is 0.0273. The molecular weight excluding hydrogens is 768 g/mol. The summed E-state index contributed by atoms with van der Waals surface area (Å²) in [7, 11) is 1.28. The van der Waals surface area contributed by atoms with E-state index >= 15 is 0 Å². The minimum absolute atomic E-state index is 0.00250. The summed E-state index contributed by atoms with van der Waals surface area (Å²) < 4.78 is 23.3. The molecule has 0 saturated heterocycles. The molecule has 0 aromatic rings. The molecule has 0 heterocycles. The number of hydrogen-bond acceptors (Lipinski definition) is 6. The summed E-state index contributed by atoms with van der Waals surface area (Å²) in [5.41, 5.74) is 0. The van der Waals surface area contributed by atoms with Crippen LogP contribution in [0.1, 0.15) is 258 Å². The fourth-order valence-electron chi connectivity index (χ4n) is 7.86. The molecule has 0 aromatic heterocycles. The summed E-state index contributed by atoms with van der Waals surface area (Å²) in [5.74, 6) is -0.192. The molecule has 1 amide bonds. The molecule has 0 aliphatic carbocycles. The van der Waals surface area contributed by atoms with Crippen LogP contribution in [0.15, 0.2) is 12.2 Å². The number of carbonyl (C=O) groups excluding carboxylic acids is 1. The van der Waals surface area contributed by atoms with E-state index in [0.717, 1.165) is 38.5 Å². The number of unbranched alkanes of at least 4 members (excludes halogenated alkanes) is 35. The van der Waals surface area contributed by atoms with E-state index in [1.54, 1.807) is 6.08 Å². The number of quaternary nitrogens is 1. The predicted octanol–water partition coefficient (Wildman–Crippen LogP) is 14.5. The highest BCUT2D eigenvalue weighted by atomic mass is 31.2. The lowest BCUT2D eigenvalue weighted by molar-refractivity contribution is -0.870. The lowest BCUT2D eigenvalue weighted by atomic mass is 10.0. The number of nitrogens with zero attached hydrogens (tertiary/aromatic N) is 1. The zero-order chi connectivity index (χ0) is 44.3. The number of aliphatic hydroxyl groups excluding tert-OH is 1. The molecule has 0 aliphatic heterocycles. The van der Waals surface area contributed by atoms with Gasteiger partial charge in [-0.1, -0.05) is 244 Å². The van der Waals surface area contributed by atoms with Gasteiger partial charge in [-0.05, 0) is 19.3 Å². The molecular formula is C51H103N2O6P. The average molecular weight is 871 g/mol. The second-order valence-corrected chi connectivity index (χ2v) is 20.7. The maximum Gasteiger partial charge on any atom is 0.268 e. The van der Waals surface area contributed by atoms with Crippen LogP contribution in [0.2, 0.25) is 0 Å². The van der Waals surface area contributed by atoms with Crippen LogP contribution in [0.3, 0.4) is 0 Å². The van der Waals surface area contributed by atoms with E-state index in [0.29, 0.717) is 17.4 Å². The van der Waals surface area contributed by atoms with Crippen molar-refractivity contribution in [2.45, 2.75) is 270 Å². The van der Waals surface area contributed by atoms with E-state index < -0.39 is 20.0 Å². The van der Waals surface area contributed by atoms with Gasteiger partial charge < -0.3 is 28.8 Å². The number of carbonyl (C=O) groups is 1. The number of amides is 1. The van der Waals surface area contributed by atoms with Crippen molar-refractivity contribution in [1.82, 2.24) is 5.32 Å². The minimum atomic E-state index is -4.59. The average Bonchev–Trinajstić information content (AvgIpc) is 3.20. The predicted molar refractivity (Wildman–Crippen MR) is 256 cm³/mol. The van der Waals surface area contributed by atoms with Crippen LogP contribution >= 0.6 is 7.82 Å². The van der Waals surface area contributed by atoms with Crippen LogP contribution in [0, 0.1) is 0 Å². The first-order chi connectivity index (χ1) is 29.0. The van der Waals surface area contributed by atoms with E-state index in [-0.39, 0.29) is 19.1 Å². The molecule has 0 bridgehead atoms. The molecule has 0 aliphatic rings. The Morgan fingerprint density at radius 2 is 0.900 bits per heavy atom. The molecule has 0 radical (unpaired) electrons. The van der Waals surface area contributed by atoms with Crippen molar-refractivity contribution in [3.05, 3.63) is 12.2 Å². The summed E-state index contributed by atoms with van der Waals surface area (Å²) in [6, 6.07) is -0.881. The SMILES string of the molecule is CCCCCCCCCCCCCCCCCCCC/C=C/C(O)C(COP(=O)([O-])OCC[N+](C)(C)C)NC(=O)CCCCCCCCCCCCCCCCCCCC. The third kappa shape index (κ3) is 45.3. The van der Waals surface area contributed by atoms with Crippen LogP contribution < -0.4 is 10.2 Å². The first kappa shape index (κ1) is 59.2. The molecule has 0 rings (SSSR count). The van der Waals surface area contributed by atoms with Gasteiger partial charge in [0.05, 0.1) is 39.9 Å². The molecule has 0 saturated carbocycles. The molecule has 0 aromatic carbocycles. The first-order valence-corrected chi connectivity index (χ1v) is 27.5. The number of allylic oxidation sites excluding steroid dienone is 1. The van der Waals surface area contributed by atoms with Gasteiger partial charge in [0.1, 0.15) is 13.2 Å². The number of likely N-dealkylation sites (N-methyl/N-ethyl adjacent to an activating group) is 1. The Morgan fingerprint density at radius 1 is 0.567 bits per heavy atom. The normalized spacial score (nSPS) is 14.2. The number of nitrogens with one attached hydrogen (secondary N) is 1. The van der Waals surface area contributed by atoms with Crippen molar-refractivity contribution in [1.29, 1.82) is 0 Å². The molecule has 8 nitrogen and oxygen atoms in total. The molecule has 3 atom stereocenters. The largest absolute Gasteiger partial charge is 0.756 e. The van der Waals surface area contributed by atoms with E-state index in [2.05, 4.69) is 19.2 Å². The van der Waals surface area contributed by atoms with Gasteiger partial charge in [0.2, 0.25) is 5.91 Å². The lowest BCUT2D eigenvalue weighted by Gasteiger charge is -2.29. The smallest absolute Gasteiger partial charge is 0.268 e. The van der Waals surface area contributed by atoms with Gasteiger partial charge in [-0.15, -0.1) is 0 Å². The Balaban J connectivity index is 4.28. The van der Waals surface area contributed by atoms with Gasteiger partial charge in [0, 0.05) is 6.42 Å². The summed E-state index contributed by atoms with van der Waals surface area (Å²) in [5, 5.41) is 13.9.